The molecule has 0 radical (unpaired) electrons. The molecule has 0 aliphatic heterocycles. The van der Waals surface area contributed by atoms with Crippen molar-refractivity contribution in [1.82, 2.24) is 10.3 Å². The first kappa shape index (κ1) is 12.6. The van der Waals surface area contributed by atoms with Crippen molar-refractivity contribution in [3.05, 3.63) is 59.9 Å². The van der Waals surface area contributed by atoms with E-state index in [2.05, 4.69) is 23.3 Å². The zero-order valence-electron chi connectivity index (χ0n) is 10.8. The van der Waals surface area contributed by atoms with Crippen molar-refractivity contribution in [3.8, 4) is 5.75 Å². The van der Waals surface area contributed by atoms with E-state index in [9.17, 15) is 0 Å². The van der Waals surface area contributed by atoms with E-state index in [1.54, 1.807) is 7.11 Å². The molecule has 0 fully saturated rings. The Morgan fingerprint density at radius 2 is 2.11 bits per heavy atom. The summed E-state index contributed by atoms with van der Waals surface area (Å²) >= 11 is 0. The molecule has 2 rings (SSSR count). The van der Waals surface area contributed by atoms with Crippen LogP contribution in [0.4, 0.5) is 0 Å². The molecular weight excluding hydrogens is 224 g/mol. The molecule has 1 N–H and O–H groups in total. The van der Waals surface area contributed by atoms with E-state index >= 15 is 0 Å². The number of hydrogen-bond acceptors (Lipinski definition) is 3. The fourth-order valence-electron chi connectivity index (χ4n) is 1.79. The normalized spacial score (nSPS) is 12.1. The van der Waals surface area contributed by atoms with Crippen molar-refractivity contribution in [2.75, 3.05) is 7.11 Å². The first-order valence-electron chi connectivity index (χ1n) is 6.07. The minimum Gasteiger partial charge on any atom is -0.497 e. The van der Waals surface area contributed by atoms with Gasteiger partial charge in [0.15, 0.2) is 0 Å². The molecule has 1 aromatic heterocycles. The first-order chi connectivity index (χ1) is 8.79. The van der Waals surface area contributed by atoms with Crippen molar-refractivity contribution >= 4 is 0 Å². The third-order valence-electron chi connectivity index (χ3n) is 2.88. The van der Waals surface area contributed by atoms with Crippen molar-refractivity contribution in [3.63, 3.8) is 0 Å². The van der Waals surface area contributed by atoms with E-state index in [4.69, 9.17) is 4.74 Å². The summed E-state index contributed by atoms with van der Waals surface area (Å²) in [5.74, 6) is 0.889. The van der Waals surface area contributed by atoms with Gasteiger partial charge < -0.3 is 10.1 Å². The number of aromatic nitrogens is 1. The molecule has 0 amide bonds. The summed E-state index contributed by atoms with van der Waals surface area (Å²) in [4.78, 5) is 4.34. The predicted octanol–water partition coefficient (Wildman–Crippen LogP) is 2.94. The number of ether oxygens (including phenoxy) is 1. The first-order valence-corrected chi connectivity index (χ1v) is 6.07. The lowest BCUT2D eigenvalue weighted by Crippen LogP contribution is -2.18. The molecule has 1 unspecified atom stereocenters. The maximum absolute atomic E-state index is 5.21. The summed E-state index contributed by atoms with van der Waals surface area (Å²) in [6, 6.07) is 14.3. The third-order valence-corrected chi connectivity index (χ3v) is 2.88. The summed E-state index contributed by atoms with van der Waals surface area (Å²) in [5, 5.41) is 3.45. The molecule has 0 saturated heterocycles. The van der Waals surface area contributed by atoms with Crippen LogP contribution in [0, 0.1) is 0 Å². The van der Waals surface area contributed by atoms with Crippen molar-refractivity contribution in [2.24, 2.45) is 0 Å². The average molecular weight is 242 g/mol. The van der Waals surface area contributed by atoms with Crippen molar-refractivity contribution in [2.45, 2.75) is 19.5 Å². The Labute approximate surface area is 108 Å². The summed E-state index contributed by atoms with van der Waals surface area (Å²) in [5.41, 5.74) is 2.26. The van der Waals surface area contributed by atoms with Crippen LogP contribution in [0.15, 0.2) is 48.7 Å². The molecule has 18 heavy (non-hydrogen) atoms. The Morgan fingerprint density at radius 1 is 1.22 bits per heavy atom. The largest absolute Gasteiger partial charge is 0.497 e. The Morgan fingerprint density at radius 3 is 2.83 bits per heavy atom. The predicted molar refractivity (Wildman–Crippen MR) is 72.5 cm³/mol. The van der Waals surface area contributed by atoms with Gasteiger partial charge in [-0.05, 0) is 36.8 Å². The van der Waals surface area contributed by atoms with Gasteiger partial charge in [0.25, 0.3) is 0 Å². The van der Waals surface area contributed by atoms with Gasteiger partial charge in [0.05, 0.1) is 12.8 Å². The van der Waals surface area contributed by atoms with Gasteiger partial charge in [-0.15, -0.1) is 0 Å². The number of nitrogens with one attached hydrogen (secondary N) is 1. The van der Waals surface area contributed by atoms with Crippen LogP contribution < -0.4 is 10.1 Å². The van der Waals surface area contributed by atoms with Crippen molar-refractivity contribution in [1.29, 1.82) is 0 Å². The van der Waals surface area contributed by atoms with E-state index < -0.39 is 0 Å². The monoisotopic (exact) mass is 242 g/mol. The molecule has 0 bridgehead atoms. The van der Waals surface area contributed by atoms with Gasteiger partial charge in [-0.25, -0.2) is 0 Å². The highest BCUT2D eigenvalue weighted by atomic mass is 16.5. The number of pyridine rings is 1. The number of nitrogens with zero attached hydrogens (tertiary/aromatic N) is 1. The van der Waals surface area contributed by atoms with E-state index in [1.807, 2.05) is 42.6 Å². The smallest absolute Gasteiger partial charge is 0.119 e. The van der Waals surface area contributed by atoms with Crippen LogP contribution in [0.2, 0.25) is 0 Å². The van der Waals surface area contributed by atoms with Gasteiger partial charge in [-0.1, -0.05) is 18.2 Å². The zero-order chi connectivity index (χ0) is 12.8. The van der Waals surface area contributed by atoms with E-state index in [-0.39, 0.29) is 6.04 Å². The summed E-state index contributed by atoms with van der Waals surface area (Å²) < 4.78 is 5.21. The lowest BCUT2D eigenvalue weighted by atomic mass is 10.1. The SMILES string of the molecule is COc1cccc(CNC(C)c2ccccn2)c1. The highest BCUT2D eigenvalue weighted by Crippen LogP contribution is 2.14. The molecule has 0 spiro atoms. The van der Waals surface area contributed by atoms with Crippen LogP contribution in [0.3, 0.4) is 0 Å². The molecule has 2 aromatic rings. The third kappa shape index (κ3) is 3.31. The van der Waals surface area contributed by atoms with Gasteiger partial charge >= 0.3 is 0 Å². The fraction of sp³-hybridized carbons (Fsp3) is 0.267. The fourth-order valence-corrected chi connectivity index (χ4v) is 1.79. The highest BCUT2D eigenvalue weighted by molar-refractivity contribution is 5.28. The second-order valence-electron chi connectivity index (χ2n) is 4.21. The number of hydrogen-bond donors (Lipinski definition) is 1. The molecule has 0 aliphatic rings. The lowest BCUT2D eigenvalue weighted by molar-refractivity contribution is 0.414. The average Bonchev–Trinajstić information content (AvgIpc) is 2.46. The van der Waals surface area contributed by atoms with Crippen LogP contribution >= 0.6 is 0 Å². The Kier molecular flexibility index (Phi) is 4.31. The quantitative estimate of drug-likeness (QED) is 0.875. The van der Waals surface area contributed by atoms with Crippen LogP contribution in [-0.2, 0) is 6.54 Å². The minimum atomic E-state index is 0.234. The molecule has 3 nitrogen and oxygen atoms in total. The standard InChI is InChI=1S/C15H18N2O/c1-12(15-8-3-4-9-16-15)17-11-13-6-5-7-14(10-13)18-2/h3-10,12,17H,11H2,1-2H3. The van der Waals surface area contributed by atoms with Crippen LogP contribution in [-0.4, -0.2) is 12.1 Å². The van der Waals surface area contributed by atoms with Crippen LogP contribution in [0.5, 0.6) is 5.75 Å². The number of rotatable bonds is 5. The molecule has 1 heterocycles. The second-order valence-corrected chi connectivity index (χ2v) is 4.21. The van der Waals surface area contributed by atoms with Crippen LogP contribution in [0.1, 0.15) is 24.2 Å². The van der Waals surface area contributed by atoms with Gasteiger partial charge in [-0.3, -0.25) is 4.98 Å². The summed E-state index contributed by atoms with van der Waals surface area (Å²) in [6.07, 6.45) is 1.82. The molecule has 1 atom stereocenters. The highest BCUT2D eigenvalue weighted by Gasteiger charge is 2.05. The van der Waals surface area contributed by atoms with Gasteiger partial charge in [0.2, 0.25) is 0 Å². The van der Waals surface area contributed by atoms with Gasteiger partial charge in [0.1, 0.15) is 5.75 Å². The molecule has 0 aliphatic carbocycles. The maximum Gasteiger partial charge on any atom is 0.119 e. The summed E-state index contributed by atoms with van der Waals surface area (Å²) in [7, 11) is 1.68. The second kappa shape index (κ2) is 6.17. The topological polar surface area (TPSA) is 34.1 Å². The molecule has 1 aromatic carbocycles. The van der Waals surface area contributed by atoms with E-state index in [0.29, 0.717) is 0 Å². The van der Waals surface area contributed by atoms with Crippen LogP contribution in [0.25, 0.3) is 0 Å². The molecular formula is C15H18N2O. The van der Waals surface area contributed by atoms with E-state index in [1.165, 1.54) is 5.56 Å². The number of methoxy groups -OCH3 is 1. The van der Waals surface area contributed by atoms with Gasteiger partial charge in [-0.2, -0.15) is 0 Å². The van der Waals surface area contributed by atoms with Gasteiger partial charge in [0, 0.05) is 18.8 Å². The maximum atomic E-state index is 5.21. The van der Waals surface area contributed by atoms with E-state index in [0.717, 1.165) is 18.0 Å². The molecule has 0 saturated carbocycles. The molecule has 3 heteroatoms. The number of benzene rings is 1. The Bertz CT molecular complexity index is 485. The van der Waals surface area contributed by atoms with Crippen molar-refractivity contribution < 1.29 is 4.74 Å². The lowest BCUT2D eigenvalue weighted by Gasteiger charge is -2.13. The Hall–Kier alpha value is -1.87. The minimum absolute atomic E-state index is 0.234. The molecule has 94 valence electrons. The Balaban J connectivity index is 1.95. The zero-order valence-corrected chi connectivity index (χ0v) is 10.8. The summed E-state index contributed by atoms with van der Waals surface area (Å²) in [6.45, 7) is 2.91.